The highest BCUT2D eigenvalue weighted by atomic mass is 35.5. The number of rotatable bonds is 5. The van der Waals surface area contributed by atoms with Crippen LogP contribution < -0.4 is 10.1 Å². The number of aliphatic hydroxyl groups is 1. The first-order chi connectivity index (χ1) is 15.2. The van der Waals surface area contributed by atoms with Crippen LogP contribution in [-0.4, -0.2) is 54.8 Å². The predicted molar refractivity (Wildman–Crippen MR) is 128 cm³/mol. The van der Waals surface area contributed by atoms with Crippen LogP contribution in [0.2, 0.25) is 10.0 Å². The average molecular weight is 477 g/mol. The Bertz CT molecular complexity index is 1000. The standard InChI is InChI=1S/C25H30Cl2N2O3/c1-29-11-10-24(18-4-3-5-20(14-18)32-2)15-19(8-9-25(24,31)16-29)28-23(30)13-17-6-7-21(26)22(27)12-17/h3-7,12,14,19,31H,8-11,13,15-16H2,1-2H3,(H,28,30)/t19-,24?,25?/m0/s1. The summed E-state index contributed by atoms with van der Waals surface area (Å²) in [7, 11) is 3.71. The van der Waals surface area contributed by atoms with Crippen molar-refractivity contribution < 1.29 is 14.6 Å². The molecule has 2 fully saturated rings. The molecule has 1 aliphatic heterocycles. The quantitative estimate of drug-likeness (QED) is 0.677. The number of amides is 1. The topological polar surface area (TPSA) is 61.8 Å². The van der Waals surface area contributed by atoms with Gasteiger partial charge >= 0.3 is 0 Å². The number of nitrogens with zero attached hydrogens (tertiary/aromatic N) is 1. The van der Waals surface area contributed by atoms with Gasteiger partial charge in [0, 0.05) is 18.0 Å². The fraction of sp³-hybridized carbons (Fsp3) is 0.480. The third-order valence-corrected chi connectivity index (χ3v) is 7.92. The largest absolute Gasteiger partial charge is 0.497 e. The monoisotopic (exact) mass is 476 g/mol. The van der Waals surface area contributed by atoms with Gasteiger partial charge in [0.25, 0.3) is 0 Å². The molecule has 0 radical (unpaired) electrons. The molecule has 5 nitrogen and oxygen atoms in total. The first kappa shape index (κ1) is 23.4. The molecule has 2 aromatic rings. The Hall–Kier alpha value is -1.79. The maximum Gasteiger partial charge on any atom is 0.224 e. The lowest BCUT2D eigenvalue weighted by molar-refractivity contribution is -0.131. The Morgan fingerprint density at radius 1 is 1.22 bits per heavy atom. The van der Waals surface area contributed by atoms with Crippen LogP contribution in [0.5, 0.6) is 5.75 Å². The molecule has 172 valence electrons. The van der Waals surface area contributed by atoms with E-state index in [1.54, 1.807) is 19.2 Å². The summed E-state index contributed by atoms with van der Waals surface area (Å²) in [5.74, 6) is 0.733. The van der Waals surface area contributed by atoms with Crippen LogP contribution in [0.1, 0.15) is 36.8 Å². The fourth-order valence-corrected chi connectivity index (χ4v) is 5.85. The molecule has 0 spiro atoms. The van der Waals surface area contributed by atoms with Crippen molar-refractivity contribution in [3.8, 4) is 5.75 Å². The fourth-order valence-electron chi connectivity index (χ4n) is 5.53. The zero-order valence-electron chi connectivity index (χ0n) is 18.5. The minimum absolute atomic E-state index is 0.0137. The molecule has 7 heteroatoms. The molecule has 1 amide bonds. The number of likely N-dealkylation sites (tertiary alicyclic amines) is 1. The minimum atomic E-state index is -0.850. The van der Waals surface area contributed by atoms with Crippen molar-refractivity contribution in [2.45, 2.75) is 49.2 Å². The van der Waals surface area contributed by atoms with Gasteiger partial charge in [-0.1, -0.05) is 41.4 Å². The van der Waals surface area contributed by atoms with Crippen molar-refractivity contribution >= 4 is 29.1 Å². The predicted octanol–water partition coefficient (Wildman–Crippen LogP) is 4.22. The number of halogens is 2. The number of methoxy groups -OCH3 is 1. The van der Waals surface area contributed by atoms with Gasteiger partial charge in [0.1, 0.15) is 5.75 Å². The van der Waals surface area contributed by atoms with Crippen LogP contribution in [0.15, 0.2) is 42.5 Å². The Balaban J connectivity index is 1.56. The molecule has 32 heavy (non-hydrogen) atoms. The van der Waals surface area contributed by atoms with E-state index in [0.717, 1.165) is 36.3 Å². The second kappa shape index (κ2) is 9.22. The number of β-amino-alcohol motifs (C(OH)–C–C–N with tert-alkyl or cyclic N) is 1. The second-order valence-electron chi connectivity index (χ2n) is 9.27. The summed E-state index contributed by atoms with van der Waals surface area (Å²) in [4.78, 5) is 15.0. The van der Waals surface area contributed by atoms with E-state index in [1.165, 1.54) is 0 Å². The molecule has 2 N–H and O–H groups in total. The summed E-state index contributed by atoms with van der Waals surface area (Å²) < 4.78 is 5.47. The molecule has 3 atom stereocenters. The van der Waals surface area contributed by atoms with Crippen LogP contribution in [0.25, 0.3) is 0 Å². The summed E-state index contributed by atoms with van der Waals surface area (Å²) in [5, 5.41) is 16.0. The number of carbonyl (C=O) groups is 1. The Morgan fingerprint density at radius 3 is 2.78 bits per heavy atom. The Kier molecular flexibility index (Phi) is 6.73. The first-order valence-electron chi connectivity index (χ1n) is 11.0. The summed E-state index contributed by atoms with van der Waals surface area (Å²) in [6.45, 7) is 1.51. The smallest absolute Gasteiger partial charge is 0.224 e. The third kappa shape index (κ3) is 4.49. The normalized spacial score (nSPS) is 28.1. The van der Waals surface area contributed by atoms with E-state index in [1.807, 2.05) is 24.3 Å². The van der Waals surface area contributed by atoms with Gasteiger partial charge in [-0.25, -0.2) is 0 Å². The van der Waals surface area contributed by atoms with Gasteiger partial charge in [-0.3, -0.25) is 4.79 Å². The first-order valence-corrected chi connectivity index (χ1v) is 11.8. The van der Waals surface area contributed by atoms with E-state index in [9.17, 15) is 9.90 Å². The van der Waals surface area contributed by atoms with Crippen molar-refractivity contribution in [3.63, 3.8) is 0 Å². The molecule has 1 saturated carbocycles. The summed E-state index contributed by atoms with van der Waals surface area (Å²) in [5.41, 5.74) is 0.618. The van der Waals surface area contributed by atoms with E-state index in [2.05, 4.69) is 23.3 Å². The van der Waals surface area contributed by atoms with Crippen molar-refractivity contribution in [2.75, 3.05) is 27.2 Å². The lowest BCUT2D eigenvalue weighted by Gasteiger charge is -2.57. The highest BCUT2D eigenvalue weighted by Gasteiger charge is 2.57. The van der Waals surface area contributed by atoms with Crippen molar-refractivity contribution in [2.24, 2.45) is 0 Å². The highest BCUT2D eigenvalue weighted by Crippen LogP contribution is 2.51. The van der Waals surface area contributed by atoms with Gasteiger partial charge < -0.3 is 20.1 Å². The van der Waals surface area contributed by atoms with Crippen molar-refractivity contribution in [1.82, 2.24) is 10.2 Å². The number of hydrogen-bond acceptors (Lipinski definition) is 4. The molecule has 1 heterocycles. The number of hydrogen-bond donors (Lipinski definition) is 2. The minimum Gasteiger partial charge on any atom is -0.497 e. The molecular weight excluding hydrogens is 447 g/mol. The average Bonchev–Trinajstić information content (AvgIpc) is 2.76. The van der Waals surface area contributed by atoms with E-state index in [-0.39, 0.29) is 18.4 Å². The number of nitrogens with one attached hydrogen (secondary N) is 1. The summed E-state index contributed by atoms with van der Waals surface area (Å²) in [6, 6.07) is 13.3. The highest BCUT2D eigenvalue weighted by molar-refractivity contribution is 6.42. The van der Waals surface area contributed by atoms with E-state index < -0.39 is 11.0 Å². The molecular formula is C25H30Cl2N2O3. The van der Waals surface area contributed by atoms with Crippen LogP contribution in [-0.2, 0) is 16.6 Å². The molecule has 2 unspecified atom stereocenters. The van der Waals surface area contributed by atoms with Gasteiger partial charge in [-0.05, 0) is 74.7 Å². The number of carbonyl (C=O) groups excluding carboxylic acids is 1. The number of benzene rings is 2. The molecule has 2 aromatic carbocycles. The van der Waals surface area contributed by atoms with Gasteiger partial charge in [0.2, 0.25) is 5.91 Å². The summed E-state index contributed by atoms with van der Waals surface area (Å²) in [6.07, 6.45) is 3.13. The van der Waals surface area contributed by atoms with Crippen LogP contribution >= 0.6 is 23.2 Å². The second-order valence-corrected chi connectivity index (χ2v) is 10.1. The van der Waals surface area contributed by atoms with E-state index >= 15 is 0 Å². The summed E-state index contributed by atoms with van der Waals surface area (Å²) >= 11 is 12.1. The molecule has 2 aliphatic rings. The SMILES string of the molecule is COc1cccc(C23CCN(C)CC2(O)CC[C@H](NC(=O)Cc2ccc(Cl)c(Cl)c2)C3)c1. The van der Waals surface area contributed by atoms with Crippen LogP contribution in [0.4, 0.5) is 0 Å². The van der Waals surface area contributed by atoms with Crippen LogP contribution in [0.3, 0.4) is 0 Å². The lowest BCUT2D eigenvalue weighted by atomic mass is 9.55. The third-order valence-electron chi connectivity index (χ3n) is 7.18. The zero-order valence-corrected chi connectivity index (χ0v) is 20.0. The molecule has 0 bridgehead atoms. The van der Waals surface area contributed by atoms with Crippen molar-refractivity contribution in [1.29, 1.82) is 0 Å². The number of fused-ring (bicyclic) bond motifs is 1. The molecule has 1 aliphatic carbocycles. The zero-order chi connectivity index (χ0) is 22.9. The van der Waals surface area contributed by atoms with E-state index in [0.29, 0.717) is 29.4 Å². The Labute approximate surface area is 199 Å². The van der Waals surface area contributed by atoms with E-state index in [4.69, 9.17) is 27.9 Å². The number of piperidine rings is 1. The van der Waals surface area contributed by atoms with Gasteiger partial charge in [-0.15, -0.1) is 0 Å². The van der Waals surface area contributed by atoms with Crippen molar-refractivity contribution in [3.05, 3.63) is 63.6 Å². The number of likely N-dealkylation sites (N-methyl/N-ethyl adjacent to an activating group) is 1. The molecule has 0 aromatic heterocycles. The lowest BCUT2D eigenvalue weighted by Crippen LogP contribution is -2.66. The maximum absolute atomic E-state index is 12.8. The van der Waals surface area contributed by atoms with Gasteiger partial charge in [-0.2, -0.15) is 0 Å². The van der Waals surface area contributed by atoms with Gasteiger partial charge in [0.15, 0.2) is 0 Å². The number of ether oxygens (including phenoxy) is 1. The van der Waals surface area contributed by atoms with Crippen LogP contribution in [0, 0.1) is 0 Å². The van der Waals surface area contributed by atoms with Gasteiger partial charge in [0.05, 0.1) is 29.2 Å². The Morgan fingerprint density at radius 2 is 2.03 bits per heavy atom. The maximum atomic E-state index is 12.8. The molecule has 1 saturated heterocycles. The molecule has 4 rings (SSSR count).